The van der Waals surface area contributed by atoms with E-state index in [0.717, 1.165) is 27.7 Å². The number of sulfonamides is 1. The second kappa shape index (κ2) is 9.17. The zero-order valence-electron chi connectivity index (χ0n) is 18.3. The van der Waals surface area contributed by atoms with Gasteiger partial charge in [0.2, 0.25) is 15.9 Å². The quantitative estimate of drug-likeness (QED) is 0.367. The van der Waals surface area contributed by atoms with E-state index in [1.165, 1.54) is 25.2 Å². The minimum absolute atomic E-state index is 0.112. The van der Waals surface area contributed by atoms with Crippen molar-refractivity contribution in [2.24, 2.45) is 0 Å². The molecule has 0 aliphatic heterocycles. The molecular formula is C25H24FN3O3S. The van der Waals surface area contributed by atoms with E-state index in [1.807, 2.05) is 30.3 Å². The van der Waals surface area contributed by atoms with Crippen LogP contribution in [0.2, 0.25) is 0 Å². The molecule has 6 nitrogen and oxygen atoms in total. The molecule has 0 unspecified atom stereocenters. The molecule has 0 spiro atoms. The average molecular weight is 466 g/mol. The van der Waals surface area contributed by atoms with Crippen molar-refractivity contribution in [3.63, 3.8) is 0 Å². The molecule has 0 atom stereocenters. The molecule has 170 valence electrons. The molecule has 0 saturated heterocycles. The van der Waals surface area contributed by atoms with E-state index in [2.05, 4.69) is 15.0 Å². The summed E-state index contributed by atoms with van der Waals surface area (Å²) in [6.45, 7) is 1.69. The van der Waals surface area contributed by atoms with Crippen molar-refractivity contribution in [2.45, 2.75) is 24.7 Å². The molecule has 0 aliphatic rings. The summed E-state index contributed by atoms with van der Waals surface area (Å²) >= 11 is 0. The van der Waals surface area contributed by atoms with Crippen molar-refractivity contribution in [3.8, 4) is 11.3 Å². The molecule has 33 heavy (non-hydrogen) atoms. The predicted octanol–water partition coefficient (Wildman–Crippen LogP) is 4.76. The Bertz CT molecular complexity index is 1430. The molecule has 1 amide bonds. The number of aryl methyl sites for hydroxylation is 2. The zero-order chi connectivity index (χ0) is 23.6. The highest BCUT2D eigenvalue weighted by Crippen LogP contribution is 2.32. The third-order valence-electron chi connectivity index (χ3n) is 5.56. The third-order valence-corrected chi connectivity index (χ3v) is 7.12. The van der Waals surface area contributed by atoms with Gasteiger partial charge in [0.15, 0.2) is 0 Å². The number of aromatic nitrogens is 1. The number of carbonyl (C=O) groups is 1. The van der Waals surface area contributed by atoms with Crippen LogP contribution in [0.25, 0.3) is 22.2 Å². The molecule has 3 aromatic carbocycles. The van der Waals surface area contributed by atoms with Crippen molar-refractivity contribution < 1.29 is 17.6 Å². The summed E-state index contributed by atoms with van der Waals surface area (Å²) in [4.78, 5) is 16.2. The van der Waals surface area contributed by atoms with E-state index in [1.54, 1.807) is 25.1 Å². The number of aromatic amines is 1. The van der Waals surface area contributed by atoms with Crippen LogP contribution in [0.1, 0.15) is 17.5 Å². The van der Waals surface area contributed by atoms with Crippen molar-refractivity contribution in [1.82, 2.24) is 9.71 Å². The van der Waals surface area contributed by atoms with Crippen LogP contribution in [-0.2, 0) is 21.2 Å². The summed E-state index contributed by atoms with van der Waals surface area (Å²) in [5.74, 6) is -0.610. The first-order valence-corrected chi connectivity index (χ1v) is 12.0. The van der Waals surface area contributed by atoms with E-state index in [-0.39, 0.29) is 23.0 Å². The van der Waals surface area contributed by atoms with Gasteiger partial charge in [-0.1, -0.05) is 36.4 Å². The Kier molecular flexibility index (Phi) is 6.31. The smallest absolute Gasteiger partial charge is 0.240 e. The summed E-state index contributed by atoms with van der Waals surface area (Å²) < 4.78 is 40.7. The maximum atomic E-state index is 14.0. The van der Waals surface area contributed by atoms with Gasteiger partial charge in [0, 0.05) is 28.7 Å². The first-order chi connectivity index (χ1) is 15.8. The Morgan fingerprint density at radius 3 is 2.52 bits per heavy atom. The van der Waals surface area contributed by atoms with Crippen LogP contribution in [0.5, 0.6) is 0 Å². The number of H-pyrrole nitrogens is 1. The molecule has 4 rings (SSSR count). The number of fused-ring (bicyclic) bond motifs is 1. The lowest BCUT2D eigenvalue weighted by Crippen LogP contribution is -2.20. The third kappa shape index (κ3) is 4.81. The Labute approximate surface area is 191 Å². The second-order valence-electron chi connectivity index (χ2n) is 7.77. The highest BCUT2D eigenvalue weighted by Gasteiger charge is 2.17. The van der Waals surface area contributed by atoms with E-state index in [0.29, 0.717) is 17.7 Å². The molecule has 4 aromatic rings. The highest BCUT2D eigenvalue weighted by molar-refractivity contribution is 7.89. The van der Waals surface area contributed by atoms with E-state index in [4.69, 9.17) is 0 Å². The van der Waals surface area contributed by atoms with Gasteiger partial charge < -0.3 is 10.3 Å². The first-order valence-electron chi connectivity index (χ1n) is 10.5. The van der Waals surface area contributed by atoms with Gasteiger partial charge in [0.1, 0.15) is 5.82 Å². The minimum atomic E-state index is -3.64. The molecule has 0 bridgehead atoms. The number of hydrogen-bond acceptors (Lipinski definition) is 3. The van der Waals surface area contributed by atoms with Gasteiger partial charge in [-0.15, -0.1) is 0 Å². The van der Waals surface area contributed by atoms with Crippen LogP contribution in [0.4, 0.5) is 10.1 Å². The highest BCUT2D eigenvalue weighted by atomic mass is 32.2. The fourth-order valence-electron chi connectivity index (χ4n) is 3.87. The van der Waals surface area contributed by atoms with Gasteiger partial charge in [-0.05, 0) is 67.4 Å². The molecule has 1 heterocycles. The van der Waals surface area contributed by atoms with Crippen molar-refractivity contribution >= 4 is 32.5 Å². The Morgan fingerprint density at radius 1 is 1.03 bits per heavy atom. The molecule has 0 saturated carbocycles. The summed E-state index contributed by atoms with van der Waals surface area (Å²) in [5, 5.41) is 3.51. The van der Waals surface area contributed by atoms with E-state index < -0.39 is 10.0 Å². The van der Waals surface area contributed by atoms with Crippen molar-refractivity contribution in [1.29, 1.82) is 0 Å². The Hall–Kier alpha value is -3.49. The number of nitrogens with one attached hydrogen (secondary N) is 3. The van der Waals surface area contributed by atoms with Gasteiger partial charge >= 0.3 is 0 Å². The van der Waals surface area contributed by atoms with Gasteiger partial charge in [-0.25, -0.2) is 17.5 Å². The molecule has 0 fully saturated rings. The predicted molar refractivity (Wildman–Crippen MR) is 128 cm³/mol. The maximum absolute atomic E-state index is 14.0. The fraction of sp³-hybridized carbons (Fsp3) is 0.160. The van der Waals surface area contributed by atoms with Gasteiger partial charge in [0.25, 0.3) is 0 Å². The summed E-state index contributed by atoms with van der Waals surface area (Å²) in [6, 6.07) is 19.0. The van der Waals surface area contributed by atoms with Crippen molar-refractivity contribution in [2.75, 3.05) is 12.4 Å². The lowest BCUT2D eigenvalue weighted by atomic mass is 10.0. The van der Waals surface area contributed by atoms with Crippen LogP contribution in [0.15, 0.2) is 71.6 Å². The first kappa shape index (κ1) is 22.7. The Morgan fingerprint density at radius 2 is 1.79 bits per heavy atom. The lowest BCUT2D eigenvalue weighted by molar-refractivity contribution is -0.116. The molecule has 0 radical (unpaired) electrons. The number of anilines is 1. The minimum Gasteiger partial charge on any atom is -0.354 e. The summed E-state index contributed by atoms with van der Waals surface area (Å²) in [5.41, 5.74) is 4.43. The lowest BCUT2D eigenvalue weighted by Gasteiger charge is -2.11. The topological polar surface area (TPSA) is 91.1 Å². The number of rotatable bonds is 7. The largest absolute Gasteiger partial charge is 0.354 e. The standard InChI is InChI=1S/C25H24FN3O3S/c1-16-8-10-19(15-23(16)33(31,32)27-2)28-24(30)13-11-20-21-14-18(26)9-12-22(21)29-25(20)17-6-4-3-5-7-17/h3-10,12,14-15,27,29H,11,13H2,1-2H3,(H,28,30). The number of hydrogen-bond donors (Lipinski definition) is 3. The molecule has 3 N–H and O–H groups in total. The molecule has 1 aromatic heterocycles. The van der Waals surface area contributed by atoms with Gasteiger partial charge in [-0.3, -0.25) is 4.79 Å². The number of halogens is 1. The van der Waals surface area contributed by atoms with Crippen LogP contribution in [0, 0.1) is 12.7 Å². The number of amides is 1. The van der Waals surface area contributed by atoms with Crippen LogP contribution in [0.3, 0.4) is 0 Å². The van der Waals surface area contributed by atoms with Crippen LogP contribution in [-0.4, -0.2) is 26.4 Å². The van der Waals surface area contributed by atoms with Gasteiger partial charge in [0.05, 0.1) is 4.90 Å². The summed E-state index contributed by atoms with van der Waals surface area (Å²) in [6.07, 6.45) is 0.526. The zero-order valence-corrected chi connectivity index (χ0v) is 19.1. The molecule has 8 heteroatoms. The van der Waals surface area contributed by atoms with E-state index in [9.17, 15) is 17.6 Å². The second-order valence-corrected chi connectivity index (χ2v) is 9.63. The monoisotopic (exact) mass is 465 g/mol. The van der Waals surface area contributed by atoms with Gasteiger partial charge in [-0.2, -0.15) is 0 Å². The SMILES string of the molecule is CNS(=O)(=O)c1cc(NC(=O)CCc2c(-c3ccccc3)[nH]c3ccc(F)cc23)ccc1C. The maximum Gasteiger partial charge on any atom is 0.240 e. The Balaban J connectivity index is 1.59. The number of carbonyl (C=O) groups excluding carboxylic acids is 1. The molecule has 0 aliphatic carbocycles. The number of benzene rings is 3. The average Bonchev–Trinajstić information content (AvgIpc) is 3.17. The fourth-order valence-corrected chi connectivity index (χ4v) is 4.86. The van der Waals surface area contributed by atoms with Crippen LogP contribution < -0.4 is 10.0 Å². The van der Waals surface area contributed by atoms with E-state index >= 15 is 0 Å². The normalized spacial score (nSPS) is 11.6. The van der Waals surface area contributed by atoms with Crippen molar-refractivity contribution in [3.05, 3.63) is 83.7 Å². The van der Waals surface area contributed by atoms with Crippen LogP contribution >= 0.6 is 0 Å². The molecular weight excluding hydrogens is 441 g/mol. The summed E-state index contributed by atoms with van der Waals surface area (Å²) in [7, 11) is -2.30.